The summed E-state index contributed by atoms with van der Waals surface area (Å²) in [5.74, 6) is -0.324. The molecule has 1 nitrogen and oxygen atoms in total. The molecule has 0 heterocycles. The van der Waals surface area contributed by atoms with Gasteiger partial charge in [0.1, 0.15) is 5.82 Å². The molecule has 1 rings (SSSR count). The lowest BCUT2D eigenvalue weighted by Gasteiger charge is -2.21. The first-order valence-electron chi connectivity index (χ1n) is 5.84. The molecule has 0 spiro atoms. The zero-order valence-corrected chi connectivity index (χ0v) is 10.4. The van der Waals surface area contributed by atoms with Crippen LogP contribution in [0.15, 0.2) is 24.3 Å². The van der Waals surface area contributed by atoms with Gasteiger partial charge >= 0.3 is 6.18 Å². The minimum Gasteiger partial charge on any atom is -0.311 e. The fourth-order valence-electron chi connectivity index (χ4n) is 1.94. The standard InChI is InChI=1S/C13H17F4N/c1-9(18-10(2)8-13(15,16)17)7-11-5-3-4-6-12(11)14/h3-6,9-10,18H,7-8H2,1-2H3. The molecular weight excluding hydrogens is 246 g/mol. The summed E-state index contributed by atoms with van der Waals surface area (Å²) in [6.07, 6.45) is -4.69. The number of hydrogen-bond donors (Lipinski definition) is 1. The predicted octanol–water partition coefficient (Wildman–Crippen LogP) is 3.69. The molecule has 0 aromatic heterocycles. The van der Waals surface area contributed by atoms with Crippen LogP contribution in [0.3, 0.4) is 0 Å². The fraction of sp³-hybridized carbons (Fsp3) is 0.538. The third-order valence-corrected chi connectivity index (χ3v) is 2.59. The normalized spacial score (nSPS) is 15.4. The van der Waals surface area contributed by atoms with E-state index >= 15 is 0 Å². The third-order valence-electron chi connectivity index (χ3n) is 2.59. The summed E-state index contributed by atoms with van der Waals surface area (Å²) in [6, 6.07) is 5.40. The average molecular weight is 263 g/mol. The second-order valence-corrected chi connectivity index (χ2v) is 4.58. The Morgan fingerprint density at radius 1 is 1.11 bits per heavy atom. The van der Waals surface area contributed by atoms with Gasteiger partial charge in [0.15, 0.2) is 0 Å². The molecule has 0 amide bonds. The molecule has 0 aliphatic heterocycles. The highest BCUT2D eigenvalue weighted by molar-refractivity contribution is 5.18. The number of hydrogen-bond acceptors (Lipinski definition) is 1. The lowest BCUT2D eigenvalue weighted by atomic mass is 10.1. The van der Waals surface area contributed by atoms with Gasteiger partial charge in [0.05, 0.1) is 6.42 Å². The van der Waals surface area contributed by atoms with E-state index in [1.807, 2.05) is 0 Å². The first-order chi connectivity index (χ1) is 8.28. The Morgan fingerprint density at radius 3 is 2.28 bits per heavy atom. The Hall–Kier alpha value is -1.10. The molecule has 0 bridgehead atoms. The van der Waals surface area contributed by atoms with Crippen molar-refractivity contribution in [2.75, 3.05) is 0 Å². The zero-order valence-electron chi connectivity index (χ0n) is 10.4. The van der Waals surface area contributed by atoms with Gasteiger partial charge in [-0.15, -0.1) is 0 Å². The van der Waals surface area contributed by atoms with E-state index in [1.54, 1.807) is 25.1 Å². The van der Waals surface area contributed by atoms with E-state index in [0.29, 0.717) is 12.0 Å². The Kier molecular flexibility index (Phi) is 5.14. The van der Waals surface area contributed by atoms with Crippen LogP contribution >= 0.6 is 0 Å². The van der Waals surface area contributed by atoms with Gasteiger partial charge in [-0.25, -0.2) is 4.39 Å². The van der Waals surface area contributed by atoms with Crippen molar-refractivity contribution in [1.29, 1.82) is 0 Å². The highest BCUT2D eigenvalue weighted by Crippen LogP contribution is 2.21. The maximum atomic E-state index is 13.4. The molecule has 0 saturated heterocycles. The zero-order chi connectivity index (χ0) is 13.8. The molecule has 5 heteroatoms. The average Bonchev–Trinajstić information content (AvgIpc) is 2.18. The van der Waals surface area contributed by atoms with Crippen molar-refractivity contribution >= 4 is 0 Å². The first kappa shape index (κ1) is 15.0. The Bertz CT molecular complexity index is 375. The van der Waals surface area contributed by atoms with Crippen LogP contribution in [0.1, 0.15) is 25.8 Å². The van der Waals surface area contributed by atoms with E-state index in [2.05, 4.69) is 5.32 Å². The molecule has 102 valence electrons. The minimum atomic E-state index is -4.18. The van der Waals surface area contributed by atoms with Crippen molar-refractivity contribution < 1.29 is 17.6 Å². The minimum absolute atomic E-state index is 0.209. The SMILES string of the molecule is CC(Cc1ccccc1F)NC(C)CC(F)(F)F. The molecule has 0 aliphatic carbocycles. The number of benzene rings is 1. The third kappa shape index (κ3) is 5.49. The van der Waals surface area contributed by atoms with Gasteiger partial charge in [-0.3, -0.25) is 0 Å². The van der Waals surface area contributed by atoms with Crippen LogP contribution < -0.4 is 5.32 Å². The summed E-state index contributed by atoms with van der Waals surface area (Å²) in [4.78, 5) is 0. The largest absolute Gasteiger partial charge is 0.390 e. The predicted molar refractivity (Wildman–Crippen MR) is 62.8 cm³/mol. The molecule has 0 fully saturated rings. The first-order valence-corrected chi connectivity index (χ1v) is 5.84. The van der Waals surface area contributed by atoms with Crippen molar-refractivity contribution in [3.63, 3.8) is 0 Å². The van der Waals surface area contributed by atoms with Gasteiger partial charge in [-0.1, -0.05) is 18.2 Å². The summed E-state index contributed by atoms with van der Waals surface area (Å²) in [5.41, 5.74) is 0.511. The van der Waals surface area contributed by atoms with E-state index in [0.717, 1.165) is 0 Å². The van der Waals surface area contributed by atoms with Crippen LogP contribution in [0.2, 0.25) is 0 Å². The summed E-state index contributed by atoms with van der Waals surface area (Å²) < 4.78 is 49.8. The summed E-state index contributed by atoms with van der Waals surface area (Å²) in [6.45, 7) is 3.23. The molecule has 1 aromatic rings. The fourth-order valence-corrected chi connectivity index (χ4v) is 1.94. The van der Waals surface area contributed by atoms with E-state index < -0.39 is 18.6 Å². The number of halogens is 4. The van der Waals surface area contributed by atoms with Crippen molar-refractivity contribution in [3.8, 4) is 0 Å². The van der Waals surface area contributed by atoms with Crippen LogP contribution in [0, 0.1) is 5.82 Å². The Balaban J connectivity index is 2.47. The van der Waals surface area contributed by atoms with E-state index in [1.165, 1.54) is 13.0 Å². The van der Waals surface area contributed by atoms with Gasteiger partial charge in [0.25, 0.3) is 0 Å². The molecule has 2 unspecified atom stereocenters. The topological polar surface area (TPSA) is 12.0 Å². The lowest BCUT2D eigenvalue weighted by Crippen LogP contribution is -2.38. The van der Waals surface area contributed by atoms with E-state index in [-0.39, 0.29) is 11.9 Å². The molecule has 1 N–H and O–H groups in total. The maximum Gasteiger partial charge on any atom is 0.390 e. The number of nitrogens with one attached hydrogen (secondary N) is 1. The van der Waals surface area contributed by atoms with Gasteiger partial charge in [0, 0.05) is 12.1 Å². The highest BCUT2D eigenvalue weighted by atomic mass is 19.4. The molecule has 0 radical (unpaired) electrons. The summed E-state index contributed by atoms with van der Waals surface area (Å²) in [5, 5.41) is 2.83. The van der Waals surface area contributed by atoms with Crippen LogP contribution in [0.25, 0.3) is 0 Å². The van der Waals surface area contributed by atoms with Crippen molar-refractivity contribution in [3.05, 3.63) is 35.6 Å². The van der Waals surface area contributed by atoms with Crippen LogP contribution in [0.5, 0.6) is 0 Å². The molecule has 0 saturated carbocycles. The Labute approximate surface area is 104 Å². The van der Waals surface area contributed by atoms with Gasteiger partial charge in [-0.05, 0) is 31.9 Å². The van der Waals surface area contributed by atoms with E-state index in [4.69, 9.17) is 0 Å². The van der Waals surface area contributed by atoms with Gasteiger partial charge in [0.2, 0.25) is 0 Å². The van der Waals surface area contributed by atoms with E-state index in [9.17, 15) is 17.6 Å². The van der Waals surface area contributed by atoms with Crippen molar-refractivity contribution in [2.24, 2.45) is 0 Å². The maximum absolute atomic E-state index is 13.4. The number of alkyl halides is 3. The quantitative estimate of drug-likeness (QED) is 0.799. The second kappa shape index (κ2) is 6.18. The lowest BCUT2D eigenvalue weighted by molar-refractivity contribution is -0.139. The summed E-state index contributed by atoms with van der Waals surface area (Å²) in [7, 11) is 0. The van der Waals surface area contributed by atoms with Gasteiger partial charge in [-0.2, -0.15) is 13.2 Å². The molecular formula is C13H17F4N. The van der Waals surface area contributed by atoms with Crippen LogP contribution in [-0.2, 0) is 6.42 Å². The van der Waals surface area contributed by atoms with Gasteiger partial charge < -0.3 is 5.32 Å². The molecule has 0 aliphatic rings. The Morgan fingerprint density at radius 2 is 1.72 bits per heavy atom. The number of rotatable bonds is 5. The smallest absolute Gasteiger partial charge is 0.311 e. The van der Waals surface area contributed by atoms with Crippen molar-refractivity contribution in [2.45, 2.75) is 44.9 Å². The van der Waals surface area contributed by atoms with Crippen LogP contribution in [-0.4, -0.2) is 18.3 Å². The second-order valence-electron chi connectivity index (χ2n) is 4.58. The van der Waals surface area contributed by atoms with Crippen molar-refractivity contribution in [1.82, 2.24) is 5.32 Å². The van der Waals surface area contributed by atoms with Crippen LogP contribution in [0.4, 0.5) is 17.6 Å². The monoisotopic (exact) mass is 263 g/mol. The highest BCUT2D eigenvalue weighted by Gasteiger charge is 2.30. The molecule has 2 atom stereocenters. The molecule has 18 heavy (non-hydrogen) atoms. The summed E-state index contributed by atoms with van der Waals surface area (Å²) >= 11 is 0. The molecule has 1 aromatic carbocycles.